The number of benzene rings is 1. The van der Waals surface area contributed by atoms with Crippen molar-refractivity contribution in [3.05, 3.63) is 29.6 Å². The molecule has 148 valence electrons. The van der Waals surface area contributed by atoms with Crippen LogP contribution in [0.1, 0.15) is 11.4 Å². The van der Waals surface area contributed by atoms with E-state index in [1.807, 2.05) is 0 Å². The average molecular weight is 396 g/mol. The number of aromatic nitrogens is 3. The SMILES string of the molecule is Cc1nc(-c2cc(NC(=O)CN3CC(=O)N(C)C3=O)cc(C(F)(F)F)c2)n[nH]1. The second-order valence-corrected chi connectivity index (χ2v) is 6.18. The van der Waals surface area contributed by atoms with Gasteiger partial charge in [-0.2, -0.15) is 18.3 Å². The topological polar surface area (TPSA) is 111 Å². The van der Waals surface area contributed by atoms with Crippen LogP contribution in [0.3, 0.4) is 0 Å². The van der Waals surface area contributed by atoms with Crippen LogP contribution in [0, 0.1) is 6.92 Å². The zero-order valence-electron chi connectivity index (χ0n) is 14.8. The lowest BCUT2D eigenvalue weighted by molar-refractivity contribution is -0.137. The minimum atomic E-state index is -4.65. The zero-order chi connectivity index (χ0) is 20.6. The van der Waals surface area contributed by atoms with Gasteiger partial charge < -0.3 is 10.2 Å². The number of carbonyl (C=O) groups excluding carboxylic acids is 3. The van der Waals surface area contributed by atoms with Crippen LogP contribution in [-0.4, -0.2) is 63.0 Å². The van der Waals surface area contributed by atoms with Crippen LogP contribution in [0.15, 0.2) is 18.2 Å². The highest BCUT2D eigenvalue weighted by Gasteiger charge is 2.34. The molecule has 0 spiro atoms. The molecule has 2 heterocycles. The van der Waals surface area contributed by atoms with E-state index in [2.05, 4.69) is 20.5 Å². The molecule has 0 atom stereocenters. The zero-order valence-corrected chi connectivity index (χ0v) is 14.8. The number of alkyl halides is 3. The molecule has 0 unspecified atom stereocenters. The fraction of sp³-hybridized carbons (Fsp3) is 0.312. The van der Waals surface area contributed by atoms with Gasteiger partial charge in [0.05, 0.1) is 5.56 Å². The maximum absolute atomic E-state index is 13.2. The van der Waals surface area contributed by atoms with Crippen molar-refractivity contribution in [1.29, 1.82) is 0 Å². The molecule has 0 saturated carbocycles. The van der Waals surface area contributed by atoms with Crippen LogP contribution in [0.4, 0.5) is 23.7 Å². The van der Waals surface area contributed by atoms with E-state index >= 15 is 0 Å². The normalized spacial score (nSPS) is 14.8. The Labute approximate surface area is 156 Å². The third-order valence-corrected chi connectivity index (χ3v) is 3.99. The number of nitrogens with zero attached hydrogens (tertiary/aromatic N) is 4. The van der Waals surface area contributed by atoms with Crippen LogP contribution >= 0.6 is 0 Å². The van der Waals surface area contributed by atoms with Gasteiger partial charge in [-0.3, -0.25) is 19.6 Å². The minimum Gasteiger partial charge on any atom is -0.325 e. The third kappa shape index (κ3) is 3.94. The summed E-state index contributed by atoms with van der Waals surface area (Å²) in [6, 6.07) is 2.28. The molecule has 1 saturated heterocycles. The molecule has 2 aromatic rings. The number of aromatic amines is 1. The molecule has 1 aromatic carbocycles. The van der Waals surface area contributed by atoms with Crippen molar-refractivity contribution < 1.29 is 27.6 Å². The van der Waals surface area contributed by atoms with Gasteiger partial charge in [-0.05, 0) is 25.1 Å². The first-order valence-corrected chi connectivity index (χ1v) is 8.01. The molecule has 0 radical (unpaired) electrons. The summed E-state index contributed by atoms with van der Waals surface area (Å²) < 4.78 is 39.6. The van der Waals surface area contributed by atoms with Gasteiger partial charge in [-0.1, -0.05) is 0 Å². The molecule has 0 aliphatic carbocycles. The molecule has 3 rings (SSSR count). The smallest absolute Gasteiger partial charge is 0.325 e. The van der Waals surface area contributed by atoms with Crippen molar-refractivity contribution in [3.8, 4) is 11.4 Å². The van der Waals surface area contributed by atoms with Gasteiger partial charge in [0.2, 0.25) is 11.8 Å². The molecule has 28 heavy (non-hydrogen) atoms. The molecule has 1 fully saturated rings. The highest BCUT2D eigenvalue weighted by molar-refractivity contribution is 6.04. The van der Waals surface area contributed by atoms with Crippen molar-refractivity contribution in [3.63, 3.8) is 0 Å². The Morgan fingerprint density at radius 1 is 1.29 bits per heavy atom. The Kier molecular flexibility index (Phi) is 4.79. The summed E-state index contributed by atoms with van der Waals surface area (Å²) in [4.78, 5) is 41.3. The number of aryl methyl sites for hydroxylation is 1. The van der Waals surface area contributed by atoms with Crippen molar-refractivity contribution in [2.45, 2.75) is 13.1 Å². The van der Waals surface area contributed by atoms with Gasteiger partial charge in [0, 0.05) is 18.3 Å². The van der Waals surface area contributed by atoms with Gasteiger partial charge in [0.25, 0.3) is 0 Å². The Morgan fingerprint density at radius 2 is 2.00 bits per heavy atom. The first kappa shape index (κ1) is 19.3. The van der Waals surface area contributed by atoms with Gasteiger partial charge in [0.15, 0.2) is 5.82 Å². The first-order chi connectivity index (χ1) is 13.0. The van der Waals surface area contributed by atoms with Gasteiger partial charge in [-0.25, -0.2) is 9.78 Å². The predicted octanol–water partition coefficient (Wildman–Crippen LogP) is 1.63. The summed E-state index contributed by atoms with van der Waals surface area (Å²) in [5, 5.41) is 8.68. The molecule has 1 aliphatic heterocycles. The standard InChI is InChI=1S/C16H15F3N6O3/c1-8-20-14(23-22-8)9-3-10(16(17,18)19)5-11(4-9)21-12(26)6-25-7-13(27)24(2)15(25)28/h3-5H,6-7H2,1-2H3,(H,21,26)(H,20,22,23). The van der Waals surface area contributed by atoms with E-state index in [1.54, 1.807) is 6.92 Å². The number of urea groups is 1. The number of nitrogens with one attached hydrogen (secondary N) is 2. The summed E-state index contributed by atoms with van der Waals surface area (Å²) in [5.41, 5.74) is -1.07. The Bertz CT molecular complexity index is 955. The lowest BCUT2D eigenvalue weighted by Crippen LogP contribution is -2.36. The lowest BCUT2D eigenvalue weighted by Gasteiger charge is -2.15. The Morgan fingerprint density at radius 3 is 2.54 bits per heavy atom. The lowest BCUT2D eigenvalue weighted by atomic mass is 10.1. The highest BCUT2D eigenvalue weighted by atomic mass is 19.4. The number of carbonyl (C=O) groups is 3. The molecule has 2 N–H and O–H groups in total. The van der Waals surface area contributed by atoms with Crippen LogP contribution in [0.25, 0.3) is 11.4 Å². The number of amides is 4. The predicted molar refractivity (Wildman–Crippen MR) is 89.9 cm³/mol. The highest BCUT2D eigenvalue weighted by Crippen LogP contribution is 2.34. The number of likely N-dealkylation sites (N-methyl/N-ethyl adjacent to an activating group) is 1. The molecule has 4 amide bonds. The average Bonchev–Trinajstić information content (AvgIpc) is 3.13. The maximum atomic E-state index is 13.2. The van der Waals surface area contributed by atoms with Crippen molar-refractivity contribution in [2.75, 3.05) is 25.5 Å². The second kappa shape index (κ2) is 6.94. The quantitative estimate of drug-likeness (QED) is 0.763. The summed E-state index contributed by atoms with van der Waals surface area (Å²) in [6.45, 7) is 0.853. The maximum Gasteiger partial charge on any atom is 0.416 e. The van der Waals surface area contributed by atoms with E-state index in [0.29, 0.717) is 5.82 Å². The molecule has 9 nitrogen and oxygen atoms in total. The van der Waals surface area contributed by atoms with Crippen molar-refractivity contribution >= 4 is 23.5 Å². The molecular formula is C16H15F3N6O3. The van der Waals surface area contributed by atoms with Crippen molar-refractivity contribution in [2.24, 2.45) is 0 Å². The van der Waals surface area contributed by atoms with E-state index < -0.39 is 36.1 Å². The molecular weight excluding hydrogens is 381 g/mol. The van der Waals surface area contributed by atoms with Crippen molar-refractivity contribution in [1.82, 2.24) is 25.0 Å². The summed E-state index contributed by atoms with van der Waals surface area (Å²) in [5.74, 6) is -0.757. The monoisotopic (exact) mass is 396 g/mol. The Hall–Kier alpha value is -3.44. The van der Waals surface area contributed by atoms with E-state index in [1.165, 1.54) is 13.1 Å². The third-order valence-electron chi connectivity index (χ3n) is 3.99. The second-order valence-electron chi connectivity index (χ2n) is 6.18. The fourth-order valence-corrected chi connectivity index (χ4v) is 2.62. The van der Waals surface area contributed by atoms with E-state index in [0.717, 1.165) is 21.9 Å². The fourth-order valence-electron chi connectivity index (χ4n) is 2.62. The number of hydrogen-bond donors (Lipinski definition) is 2. The molecule has 1 aromatic heterocycles. The first-order valence-electron chi connectivity index (χ1n) is 8.01. The summed E-state index contributed by atoms with van der Waals surface area (Å²) >= 11 is 0. The van der Waals surface area contributed by atoms with E-state index in [-0.39, 0.29) is 23.6 Å². The number of imide groups is 1. The number of rotatable bonds is 4. The van der Waals surface area contributed by atoms with Gasteiger partial charge in [0.1, 0.15) is 18.9 Å². The number of H-pyrrole nitrogens is 1. The number of halogens is 3. The van der Waals surface area contributed by atoms with E-state index in [9.17, 15) is 27.6 Å². The Balaban J connectivity index is 1.83. The number of hydrogen-bond acceptors (Lipinski definition) is 5. The summed E-state index contributed by atoms with van der Waals surface area (Å²) in [7, 11) is 1.28. The minimum absolute atomic E-state index is 0.0426. The van der Waals surface area contributed by atoms with Crippen LogP contribution in [0.2, 0.25) is 0 Å². The molecule has 0 bridgehead atoms. The summed E-state index contributed by atoms with van der Waals surface area (Å²) in [6.07, 6.45) is -4.65. The van der Waals surface area contributed by atoms with Gasteiger partial charge in [-0.15, -0.1) is 0 Å². The largest absolute Gasteiger partial charge is 0.416 e. The van der Waals surface area contributed by atoms with Crippen LogP contribution in [0.5, 0.6) is 0 Å². The molecule has 1 aliphatic rings. The van der Waals surface area contributed by atoms with Gasteiger partial charge >= 0.3 is 12.2 Å². The number of anilines is 1. The molecule has 12 heteroatoms. The van der Waals surface area contributed by atoms with Crippen LogP contribution < -0.4 is 5.32 Å². The van der Waals surface area contributed by atoms with Crippen LogP contribution in [-0.2, 0) is 15.8 Å². The van der Waals surface area contributed by atoms with E-state index in [4.69, 9.17) is 0 Å².